The van der Waals surface area contributed by atoms with Gasteiger partial charge in [-0.2, -0.15) is 0 Å². The smallest absolute Gasteiger partial charge is 0.0999 e. The fourth-order valence-corrected chi connectivity index (χ4v) is 2.32. The molecule has 0 aliphatic heterocycles. The predicted molar refractivity (Wildman–Crippen MR) is 77.3 cm³/mol. The van der Waals surface area contributed by atoms with E-state index in [1.54, 1.807) is 0 Å². The molecule has 2 rings (SSSR count). The molecule has 0 atom stereocenters. The van der Waals surface area contributed by atoms with Gasteiger partial charge in [-0.25, -0.2) is 4.68 Å². The minimum absolute atomic E-state index is 0.437. The van der Waals surface area contributed by atoms with Crippen LogP contribution in [0.3, 0.4) is 0 Å². The highest BCUT2D eigenvalue weighted by atomic mass is 15.4. The van der Waals surface area contributed by atoms with Crippen LogP contribution in [0.25, 0.3) is 5.69 Å². The van der Waals surface area contributed by atoms with E-state index in [4.69, 9.17) is 5.73 Å². The summed E-state index contributed by atoms with van der Waals surface area (Å²) in [5.41, 5.74) is 11.3. The molecule has 0 radical (unpaired) electrons. The van der Waals surface area contributed by atoms with E-state index in [9.17, 15) is 0 Å². The molecule has 19 heavy (non-hydrogen) atoms. The molecule has 4 nitrogen and oxygen atoms in total. The third-order valence-electron chi connectivity index (χ3n) is 3.22. The lowest BCUT2D eigenvalue weighted by Crippen LogP contribution is -2.10. The monoisotopic (exact) mass is 258 g/mol. The molecule has 1 aromatic heterocycles. The van der Waals surface area contributed by atoms with E-state index < -0.39 is 0 Å². The number of hydrogen-bond acceptors (Lipinski definition) is 3. The Bertz CT molecular complexity index is 570. The van der Waals surface area contributed by atoms with Gasteiger partial charge in [-0.05, 0) is 37.8 Å². The van der Waals surface area contributed by atoms with Crippen LogP contribution >= 0.6 is 0 Å². The summed E-state index contributed by atoms with van der Waals surface area (Å²) in [5, 5.41) is 8.50. The zero-order valence-electron chi connectivity index (χ0n) is 12.1. The van der Waals surface area contributed by atoms with Gasteiger partial charge in [0.25, 0.3) is 0 Å². The maximum absolute atomic E-state index is 5.76. The summed E-state index contributed by atoms with van der Waals surface area (Å²) >= 11 is 0. The molecule has 0 aliphatic carbocycles. The van der Waals surface area contributed by atoms with Crippen molar-refractivity contribution in [2.24, 2.45) is 11.7 Å². The number of nitrogens with zero attached hydrogens (tertiary/aromatic N) is 3. The highest BCUT2D eigenvalue weighted by Gasteiger charge is 2.15. The van der Waals surface area contributed by atoms with Crippen molar-refractivity contribution in [1.29, 1.82) is 0 Å². The topological polar surface area (TPSA) is 56.7 Å². The molecule has 0 saturated carbocycles. The second kappa shape index (κ2) is 5.53. The lowest BCUT2D eigenvalue weighted by Gasteiger charge is -2.12. The SMILES string of the molecule is Cc1ccc(-n2nnc(CN)c2CC(C)C)c(C)c1. The number of aromatic nitrogens is 3. The summed E-state index contributed by atoms with van der Waals surface area (Å²) in [7, 11) is 0. The van der Waals surface area contributed by atoms with Crippen LogP contribution in [-0.2, 0) is 13.0 Å². The van der Waals surface area contributed by atoms with E-state index in [0.29, 0.717) is 12.5 Å². The largest absolute Gasteiger partial charge is 0.325 e. The Hall–Kier alpha value is -1.68. The van der Waals surface area contributed by atoms with Crippen LogP contribution in [0.5, 0.6) is 0 Å². The molecule has 0 spiro atoms. The van der Waals surface area contributed by atoms with Crippen LogP contribution in [0.4, 0.5) is 0 Å². The summed E-state index contributed by atoms with van der Waals surface area (Å²) in [6.45, 7) is 9.02. The molecule has 1 aromatic carbocycles. The first-order chi connectivity index (χ1) is 9.02. The van der Waals surface area contributed by atoms with Crippen molar-refractivity contribution in [3.63, 3.8) is 0 Å². The third-order valence-corrected chi connectivity index (χ3v) is 3.22. The van der Waals surface area contributed by atoms with Gasteiger partial charge in [0.2, 0.25) is 0 Å². The maximum atomic E-state index is 5.76. The van der Waals surface area contributed by atoms with Gasteiger partial charge in [-0.3, -0.25) is 0 Å². The van der Waals surface area contributed by atoms with Gasteiger partial charge in [0.05, 0.1) is 17.1 Å². The zero-order chi connectivity index (χ0) is 14.0. The maximum Gasteiger partial charge on any atom is 0.0999 e. The highest BCUT2D eigenvalue weighted by molar-refractivity contribution is 5.43. The fraction of sp³-hybridized carbons (Fsp3) is 0.467. The fourth-order valence-electron chi connectivity index (χ4n) is 2.32. The number of aryl methyl sites for hydroxylation is 2. The molecule has 0 saturated heterocycles. The predicted octanol–water partition coefficient (Wildman–Crippen LogP) is 2.54. The zero-order valence-corrected chi connectivity index (χ0v) is 12.1. The van der Waals surface area contributed by atoms with Crippen LogP contribution in [0.15, 0.2) is 18.2 Å². The average molecular weight is 258 g/mol. The van der Waals surface area contributed by atoms with Crippen LogP contribution in [0.1, 0.15) is 36.4 Å². The second-order valence-electron chi connectivity index (χ2n) is 5.49. The Kier molecular flexibility index (Phi) is 4.00. The van der Waals surface area contributed by atoms with Gasteiger partial charge in [0, 0.05) is 6.54 Å². The lowest BCUT2D eigenvalue weighted by molar-refractivity contribution is 0.610. The average Bonchev–Trinajstić information content (AvgIpc) is 2.71. The van der Waals surface area contributed by atoms with Gasteiger partial charge < -0.3 is 5.73 Å². The van der Waals surface area contributed by atoms with E-state index in [0.717, 1.165) is 23.5 Å². The number of nitrogens with two attached hydrogens (primary N) is 1. The highest BCUT2D eigenvalue weighted by Crippen LogP contribution is 2.20. The second-order valence-corrected chi connectivity index (χ2v) is 5.49. The van der Waals surface area contributed by atoms with Gasteiger partial charge in [0.1, 0.15) is 0 Å². The summed E-state index contributed by atoms with van der Waals surface area (Å²) in [4.78, 5) is 0. The normalized spacial score (nSPS) is 11.3. The van der Waals surface area contributed by atoms with E-state index in [1.165, 1.54) is 11.1 Å². The van der Waals surface area contributed by atoms with Gasteiger partial charge in [0.15, 0.2) is 0 Å². The van der Waals surface area contributed by atoms with Crippen molar-refractivity contribution < 1.29 is 0 Å². The quantitative estimate of drug-likeness (QED) is 0.917. The first-order valence-electron chi connectivity index (χ1n) is 6.74. The van der Waals surface area contributed by atoms with E-state index >= 15 is 0 Å². The van der Waals surface area contributed by atoms with Crippen LogP contribution in [0, 0.1) is 19.8 Å². The Morgan fingerprint density at radius 1 is 1.26 bits per heavy atom. The Balaban J connectivity index is 2.52. The van der Waals surface area contributed by atoms with E-state index in [1.807, 2.05) is 4.68 Å². The van der Waals surface area contributed by atoms with Crippen molar-refractivity contribution in [2.75, 3.05) is 0 Å². The van der Waals surface area contributed by atoms with Crippen molar-refractivity contribution in [2.45, 2.75) is 40.7 Å². The van der Waals surface area contributed by atoms with E-state index in [-0.39, 0.29) is 0 Å². The summed E-state index contributed by atoms with van der Waals surface area (Å²) in [6.07, 6.45) is 0.937. The molecule has 1 heterocycles. The molecular formula is C15H22N4. The molecule has 0 unspecified atom stereocenters. The molecule has 0 fully saturated rings. The number of rotatable bonds is 4. The number of hydrogen-bond donors (Lipinski definition) is 1. The summed E-state index contributed by atoms with van der Waals surface area (Å²) in [6, 6.07) is 6.37. The molecule has 0 aliphatic rings. The standard InChI is InChI=1S/C15H22N4/c1-10(2)7-15-13(9-16)17-18-19(15)14-6-5-11(3)8-12(14)4/h5-6,8,10H,7,9,16H2,1-4H3. The van der Waals surface area contributed by atoms with Crippen LogP contribution in [0.2, 0.25) is 0 Å². The third kappa shape index (κ3) is 2.84. The molecule has 2 aromatic rings. The van der Waals surface area contributed by atoms with Crippen LogP contribution < -0.4 is 5.73 Å². The molecular weight excluding hydrogens is 236 g/mol. The van der Waals surface area contributed by atoms with Gasteiger partial charge in [-0.15, -0.1) is 5.10 Å². The molecule has 2 N–H and O–H groups in total. The Morgan fingerprint density at radius 3 is 2.58 bits per heavy atom. The van der Waals surface area contributed by atoms with Gasteiger partial charge in [-0.1, -0.05) is 36.8 Å². The van der Waals surface area contributed by atoms with Crippen molar-refractivity contribution >= 4 is 0 Å². The molecule has 0 amide bonds. The van der Waals surface area contributed by atoms with E-state index in [2.05, 4.69) is 56.2 Å². The first kappa shape index (κ1) is 13.7. The Labute approximate surface area is 114 Å². The number of benzene rings is 1. The van der Waals surface area contributed by atoms with Crippen LogP contribution in [-0.4, -0.2) is 15.0 Å². The minimum atomic E-state index is 0.437. The summed E-state index contributed by atoms with van der Waals surface area (Å²) in [5.74, 6) is 0.549. The lowest BCUT2D eigenvalue weighted by atomic mass is 10.1. The van der Waals surface area contributed by atoms with Crippen molar-refractivity contribution in [3.05, 3.63) is 40.7 Å². The van der Waals surface area contributed by atoms with Gasteiger partial charge >= 0.3 is 0 Å². The molecule has 0 bridgehead atoms. The molecule has 4 heteroatoms. The summed E-state index contributed by atoms with van der Waals surface area (Å²) < 4.78 is 1.94. The molecule has 102 valence electrons. The Morgan fingerprint density at radius 2 is 2.00 bits per heavy atom. The first-order valence-corrected chi connectivity index (χ1v) is 6.74. The van der Waals surface area contributed by atoms with Crippen molar-refractivity contribution in [3.8, 4) is 5.69 Å². The van der Waals surface area contributed by atoms with Crippen molar-refractivity contribution in [1.82, 2.24) is 15.0 Å². The minimum Gasteiger partial charge on any atom is -0.325 e.